The molecule has 7 heteroatoms. The third-order valence-electron chi connectivity index (χ3n) is 5.71. The van der Waals surface area contributed by atoms with Crippen molar-refractivity contribution in [2.24, 2.45) is 0 Å². The first kappa shape index (κ1) is 17.9. The molecule has 1 N–H and O–H groups in total. The topological polar surface area (TPSA) is 75.7 Å². The Balaban J connectivity index is 1.57. The predicted molar refractivity (Wildman–Crippen MR) is 114 cm³/mol. The highest BCUT2D eigenvalue weighted by molar-refractivity contribution is 5.84. The van der Waals surface area contributed by atoms with Crippen LogP contribution in [0.3, 0.4) is 0 Å². The van der Waals surface area contributed by atoms with Crippen LogP contribution in [0, 0.1) is 13.8 Å². The fourth-order valence-corrected chi connectivity index (χ4v) is 4.11. The second kappa shape index (κ2) is 6.70. The maximum atomic E-state index is 12.7. The maximum absolute atomic E-state index is 12.7. The molecule has 4 aromatic rings. The van der Waals surface area contributed by atoms with Crippen LogP contribution in [0.2, 0.25) is 0 Å². The molecule has 1 aliphatic heterocycles. The van der Waals surface area contributed by atoms with E-state index in [2.05, 4.69) is 33.3 Å². The molecule has 1 aliphatic rings. The Labute approximate surface area is 168 Å². The number of rotatable bonds is 3. The maximum Gasteiger partial charge on any atom is 0.345 e. The van der Waals surface area contributed by atoms with E-state index in [4.69, 9.17) is 4.42 Å². The summed E-state index contributed by atoms with van der Waals surface area (Å²) < 4.78 is 7.59. The standard InChI is InChI=1S/C22H23N5O2/c1-13-11-27-12-19(25-21(27)14(2)24-13)18-8-15-4-5-16(9-20(15)29-22(18)28)26(3)17-6-7-23-10-17/h4-5,8-9,11-12,17,23H,6-7,10H2,1-3H3. The molecule has 1 saturated heterocycles. The molecular weight excluding hydrogens is 366 g/mol. The van der Waals surface area contributed by atoms with Gasteiger partial charge in [-0.2, -0.15) is 0 Å². The lowest BCUT2D eigenvalue weighted by molar-refractivity contribution is 0.563. The molecule has 148 valence electrons. The zero-order valence-corrected chi connectivity index (χ0v) is 16.8. The van der Waals surface area contributed by atoms with Crippen molar-refractivity contribution in [3.05, 3.63) is 58.5 Å². The van der Waals surface area contributed by atoms with E-state index >= 15 is 0 Å². The van der Waals surface area contributed by atoms with Gasteiger partial charge in [0.2, 0.25) is 0 Å². The molecule has 7 nitrogen and oxygen atoms in total. The average Bonchev–Trinajstić information content (AvgIpc) is 3.36. The lowest BCUT2D eigenvalue weighted by Crippen LogP contribution is -2.33. The number of imidazole rings is 1. The quantitative estimate of drug-likeness (QED) is 0.543. The number of aromatic nitrogens is 3. The number of anilines is 1. The van der Waals surface area contributed by atoms with E-state index in [0.717, 1.165) is 47.6 Å². The number of likely N-dealkylation sites (N-methyl/N-ethyl adjacent to an activating group) is 1. The van der Waals surface area contributed by atoms with Gasteiger partial charge in [0.05, 0.1) is 22.6 Å². The number of hydrogen-bond donors (Lipinski definition) is 1. The minimum absolute atomic E-state index is 0.384. The molecule has 0 aliphatic carbocycles. The van der Waals surface area contributed by atoms with Crippen molar-refractivity contribution in [1.29, 1.82) is 0 Å². The minimum Gasteiger partial charge on any atom is -0.422 e. The molecule has 0 spiro atoms. The van der Waals surface area contributed by atoms with Crippen molar-refractivity contribution in [2.45, 2.75) is 26.3 Å². The summed E-state index contributed by atoms with van der Waals surface area (Å²) in [7, 11) is 2.08. The van der Waals surface area contributed by atoms with Crippen LogP contribution in [0.4, 0.5) is 5.69 Å². The molecule has 29 heavy (non-hydrogen) atoms. The summed E-state index contributed by atoms with van der Waals surface area (Å²) in [5.74, 6) is 0. The summed E-state index contributed by atoms with van der Waals surface area (Å²) in [6.07, 6.45) is 4.87. The van der Waals surface area contributed by atoms with Crippen molar-refractivity contribution in [3.63, 3.8) is 0 Å². The Hall–Kier alpha value is -3.19. The van der Waals surface area contributed by atoms with E-state index < -0.39 is 0 Å². The average molecular weight is 389 g/mol. The Morgan fingerprint density at radius 1 is 1.21 bits per heavy atom. The first-order chi connectivity index (χ1) is 14.0. The summed E-state index contributed by atoms with van der Waals surface area (Å²) in [5.41, 5.74) is 4.78. The van der Waals surface area contributed by atoms with Gasteiger partial charge in [0.25, 0.3) is 0 Å². The first-order valence-corrected chi connectivity index (χ1v) is 9.84. The van der Waals surface area contributed by atoms with E-state index in [-0.39, 0.29) is 5.63 Å². The van der Waals surface area contributed by atoms with Crippen LogP contribution < -0.4 is 15.8 Å². The van der Waals surface area contributed by atoms with Crippen molar-refractivity contribution >= 4 is 22.3 Å². The van der Waals surface area contributed by atoms with E-state index in [9.17, 15) is 4.79 Å². The van der Waals surface area contributed by atoms with Crippen LogP contribution >= 0.6 is 0 Å². The molecular formula is C22H23N5O2. The summed E-state index contributed by atoms with van der Waals surface area (Å²) >= 11 is 0. The SMILES string of the molecule is Cc1cn2cc(-c3cc4ccc(N(C)C5CCNC5)cc4oc3=O)nc2c(C)n1. The van der Waals surface area contributed by atoms with Crippen molar-refractivity contribution in [3.8, 4) is 11.3 Å². The van der Waals surface area contributed by atoms with Crippen molar-refractivity contribution in [1.82, 2.24) is 19.7 Å². The first-order valence-electron chi connectivity index (χ1n) is 9.84. The third-order valence-corrected chi connectivity index (χ3v) is 5.71. The number of fused-ring (bicyclic) bond motifs is 2. The lowest BCUT2D eigenvalue weighted by Gasteiger charge is -2.26. The van der Waals surface area contributed by atoms with E-state index in [0.29, 0.717) is 22.9 Å². The highest BCUT2D eigenvalue weighted by Crippen LogP contribution is 2.26. The second-order valence-electron chi connectivity index (χ2n) is 7.75. The molecule has 1 fully saturated rings. The Kier molecular flexibility index (Phi) is 4.13. The van der Waals surface area contributed by atoms with Crippen molar-refractivity contribution < 1.29 is 4.42 Å². The van der Waals surface area contributed by atoms with E-state index in [1.54, 1.807) is 0 Å². The monoisotopic (exact) mass is 389 g/mol. The highest BCUT2D eigenvalue weighted by Gasteiger charge is 2.20. The van der Waals surface area contributed by atoms with Crippen LogP contribution in [0.25, 0.3) is 27.9 Å². The molecule has 1 unspecified atom stereocenters. The fraction of sp³-hybridized carbons (Fsp3) is 0.318. The molecule has 0 radical (unpaired) electrons. The molecule has 5 rings (SSSR count). The smallest absolute Gasteiger partial charge is 0.345 e. The van der Waals surface area contributed by atoms with Gasteiger partial charge in [-0.15, -0.1) is 0 Å². The van der Waals surface area contributed by atoms with Gasteiger partial charge in [0, 0.05) is 49.2 Å². The summed E-state index contributed by atoms with van der Waals surface area (Å²) in [5, 5.41) is 4.26. The van der Waals surface area contributed by atoms with Crippen LogP contribution in [0.15, 0.2) is 45.9 Å². The van der Waals surface area contributed by atoms with Gasteiger partial charge in [-0.25, -0.2) is 9.78 Å². The Morgan fingerprint density at radius 3 is 2.86 bits per heavy atom. The molecule has 0 amide bonds. The normalized spacial score (nSPS) is 16.7. The van der Waals surface area contributed by atoms with Crippen LogP contribution in [0.1, 0.15) is 17.8 Å². The van der Waals surface area contributed by atoms with E-state index in [1.165, 1.54) is 0 Å². The molecule has 1 aromatic carbocycles. The number of aryl methyl sites for hydroxylation is 2. The van der Waals surface area contributed by atoms with Gasteiger partial charge in [-0.05, 0) is 45.0 Å². The third kappa shape index (κ3) is 3.07. The Morgan fingerprint density at radius 2 is 2.07 bits per heavy atom. The van der Waals surface area contributed by atoms with Gasteiger partial charge in [-0.3, -0.25) is 4.98 Å². The highest BCUT2D eigenvalue weighted by atomic mass is 16.4. The number of nitrogens with one attached hydrogen (secondary N) is 1. The number of benzene rings is 1. The largest absolute Gasteiger partial charge is 0.422 e. The van der Waals surface area contributed by atoms with Gasteiger partial charge in [0.1, 0.15) is 5.58 Å². The molecule has 1 atom stereocenters. The molecule has 0 bridgehead atoms. The van der Waals surface area contributed by atoms with Gasteiger partial charge in [0.15, 0.2) is 5.65 Å². The summed E-state index contributed by atoms with van der Waals surface area (Å²) in [6, 6.07) is 8.34. The fourth-order valence-electron chi connectivity index (χ4n) is 4.11. The lowest BCUT2D eigenvalue weighted by atomic mass is 10.1. The molecule has 3 aromatic heterocycles. The molecule has 4 heterocycles. The van der Waals surface area contributed by atoms with Gasteiger partial charge in [-0.1, -0.05) is 0 Å². The second-order valence-corrected chi connectivity index (χ2v) is 7.75. The van der Waals surface area contributed by atoms with E-state index in [1.807, 2.05) is 48.8 Å². The number of hydrogen-bond acceptors (Lipinski definition) is 6. The summed E-state index contributed by atoms with van der Waals surface area (Å²) in [6.45, 7) is 5.86. The predicted octanol–water partition coefficient (Wildman–Crippen LogP) is 2.92. The molecule has 0 saturated carbocycles. The van der Waals surface area contributed by atoms with Gasteiger partial charge >= 0.3 is 5.63 Å². The van der Waals surface area contributed by atoms with Crippen LogP contribution in [0.5, 0.6) is 0 Å². The van der Waals surface area contributed by atoms with Gasteiger partial charge < -0.3 is 19.0 Å². The Bertz CT molecular complexity index is 1280. The van der Waals surface area contributed by atoms with Crippen molar-refractivity contribution in [2.75, 3.05) is 25.0 Å². The summed E-state index contributed by atoms with van der Waals surface area (Å²) in [4.78, 5) is 24.0. The zero-order chi connectivity index (χ0) is 20.1. The minimum atomic E-state index is -0.384. The van der Waals surface area contributed by atoms with Crippen LogP contribution in [-0.2, 0) is 0 Å². The number of nitrogens with zero attached hydrogens (tertiary/aromatic N) is 4. The van der Waals surface area contributed by atoms with Crippen LogP contribution in [-0.4, -0.2) is 40.5 Å². The zero-order valence-electron chi connectivity index (χ0n) is 16.8.